The van der Waals surface area contributed by atoms with Gasteiger partial charge < -0.3 is 19.9 Å². The maximum absolute atomic E-state index is 15.9. The van der Waals surface area contributed by atoms with Crippen LogP contribution in [0, 0.1) is 18.7 Å². The first-order valence-corrected chi connectivity index (χ1v) is 14.1. The van der Waals surface area contributed by atoms with Gasteiger partial charge in [0.25, 0.3) is 5.91 Å². The fourth-order valence-corrected chi connectivity index (χ4v) is 5.73. The number of alkyl halides is 3. The smallest absolute Gasteiger partial charge is 0.378 e. The normalized spacial score (nSPS) is 23.4. The third-order valence-corrected chi connectivity index (χ3v) is 8.29. The van der Waals surface area contributed by atoms with E-state index in [0.29, 0.717) is 62.9 Å². The summed E-state index contributed by atoms with van der Waals surface area (Å²) in [7, 11) is 1.99. The van der Waals surface area contributed by atoms with Crippen LogP contribution in [0.2, 0.25) is 0 Å². The number of likely N-dealkylation sites (N-methyl/N-ethyl adjacent to an activating group) is 1. The lowest BCUT2D eigenvalue weighted by molar-refractivity contribution is -0.124. The van der Waals surface area contributed by atoms with E-state index < -0.39 is 35.3 Å². The van der Waals surface area contributed by atoms with Crippen molar-refractivity contribution in [3.05, 3.63) is 47.4 Å². The van der Waals surface area contributed by atoms with Gasteiger partial charge in [-0.05, 0) is 51.6 Å². The van der Waals surface area contributed by atoms with Crippen molar-refractivity contribution < 1.29 is 31.9 Å². The van der Waals surface area contributed by atoms with E-state index in [-0.39, 0.29) is 23.3 Å². The SMILES string of the molecule is Cc1cc(-c2cc(NC(=O)C3C=NC(=O)C=C3C(F)(F)F)c(N3C[C@@H](C)N(C)[C@@H](C)C3)cc2F)cnc1N1CCOCC1. The Morgan fingerprint density at radius 1 is 1.07 bits per heavy atom. The van der Waals surface area contributed by atoms with Gasteiger partial charge in [0.1, 0.15) is 17.6 Å². The van der Waals surface area contributed by atoms with Gasteiger partial charge in [-0.1, -0.05) is 0 Å². The van der Waals surface area contributed by atoms with Gasteiger partial charge >= 0.3 is 6.18 Å². The first-order chi connectivity index (χ1) is 20.3. The highest BCUT2D eigenvalue weighted by atomic mass is 19.4. The molecule has 0 aliphatic carbocycles. The van der Waals surface area contributed by atoms with Gasteiger partial charge in [0.2, 0.25) is 5.91 Å². The maximum atomic E-state index is 15.9. The van der Waals surface area contributed by atoms with Crippen molar-refractivity contribution in [3.8, 4) is 11.1 Å². The van der Waals surface area contributed by atoms with Crippen molar-refractivity contribution in [1.29, 1.82) is 0 Å². The third kappa shape index (κ3) is 6.42. The Bertz CT molecular complexity index is 1460. The molecule has 1 N–H and O–H groups in total. The summed E-state index contributed by atoms with van der Waals surface area (Å²) in [5, 5.41) is 2.60. The minimum atomic E-state index is -4.92. The Morgan fingerprint density at radius 3 is 2.37 bits per heavy atom. The summed E-state index contributed by atoms with van der Waals surface area (Å²) in [6.07, 6.45) is -2.35. The molecule has 2 aromatic rings. The number of aliphatic imine (C=N–C) groups is 1. The van der Waals surface area contributed by atoms with E-state index in [1.54, 1.807) is 12.3 Å². The molecular formula is C30H34F4N6O3. The van der Waals surface area contributed by atoms with Gasteiger partial charge in [0.15, 0.2) is 0 Å². The summed E-state index contributed by atoms with van der Waals surface area (Å²) in [6.45, 7) is 9.44. The lowest BCUT2D eigenvalue weighted by Crippen LogP contribution is -2.55. The van der Waals surface area contributed by atoms with Gasteiger partial charge in [0.05, 0.1) is 30.2 Å². The zero-order valence-electron chi connectivity index (χ0n) is 24.4. The zero-order valence-corrected chi connectivity index (χ0v) is 24.4. The number of piperazine rings is 1. The second-order valence-corrected chi connectivity index (χ2v) is 11.3. The summed E-state index contributed by atoms with van der Waals surface area (Å²) < 4.78 is 62.6. The first kappa shape index (κ1) is 30.6. The second-order valence-electron chi connectivity index (χ2n) is 11.3. The first-order valence-electron chi connectivity index (χ1n) is 14.1. The number of hydrogen-bond acceptors (Lipinski definition) is 7. The van der Waals surface area contributed by atoms with Crippen LogP contribution >= 0.6 is 0 Å². The van der Waals surface area contributed by atoms with Crippen LogP contribution in [0.5, 0.6) is 0 Å². The number of carbonyl (C=O) groups is 2. The number of hydrogen-bond donors (Lipinski definition) is 1. The molecule has 1 aromatic carbocycles. The molecule has 0 bridgehead atoms. The summed E-state index contributed by atoms with van der Waals surface area (Å²) >= 11 is 0. The van der Waals surface area contributed by atoms with Crippen molar-refractivity contribution in [3.63, 3.8) is 0 Å². The predicted octanol–water partition coefficient (Wildman–Crippen LogP) is 4.22. The highest BCUT2D eigenvalue weighted by molar-refractivity contribution is 6.11. The summed E-state index contributed by atoms with van der Waals surface area (Å²) in [5.41, 5.74) is 0.587. The van der Waals surface area contributed by atoms with Crippen molar-refractivity contribution in [2.45, 2.75) is 39.0 Å². The van der Waals surface area contributed by atoms with Crippen LogP contribution in [0.3, 0.4) is 0 Å². The quantitative estimate of drug-likeness (QED) is 0.513. The third-order valence-electron chi connectivity index (χ3n) is 8.29. The molecule has 3 aliphatic rings. The average Bonchev–Trinajstić information content (AvgIpc) is 2.96. The zero-order chi connectivity index (χ0) is 31.1. The Hall–Kier alpha value is -3.84. The van der Waals surface area contributed by atoms with Crippen molar-refractivity contribution in [2.24, 2.45) is 10.9 Å². The van der Waals surface area contributed by atoms with Crippen molar-refractivity contribution in [1.82, 2.24) is 9.88 Å². The molecule has 4 heterocycles. The van der Waals surface area contributed by atoms with Crippen LogP contribution in [0.4, 0.5) is 34.8 Å². The number of aromatic nitrogens is 1. The van der Waals surface area contributed by atoms with Crippen molar-refractivity contribution in [2.75, 3.05) is 61.6 Å². The van der Waals surface area contributed by atoms with E-state index in [2.05, 4.69) is 25.1 Å². The van der Waals surface area contributed by atoms with Crippen LogP contribution in [0.1, 0.15) is 19.4 Å². The Labute approximate surface area is 247 Å². The summed E-state index contributed by atoms with van der Waals surface area (Å²) in [4.78, 5) is 39.2. The number of anilines is 3. The fraction of sp³-hybridized carbons (Fsp3) is 0.467. The number of ether oxygens (including phenoxy) is 1. The molecule has 3 atom stereocenters. The molecule has 230 valence electrons. The minimum absolute atomic E-state index is 0.0888. The molecule has 0 radical (unpaired) electrons. The number of benzene rings is 1. The molecule has 1 unspecified atom stereocenters. The molecule has 9 nitrogen and oxygen atoms in total. The Kier molecular flexibility index (Phi) is 8.57. The van der Waals surface area contributed by atoms with Gasteiger partial charge in [-0.15, -0.1) is 0 Å². The Morgan fingerprint density at radius 2 is 1.74 bits per heavy atom. The van der Waals surface area contributed by atoms with Gasteiger partial charge in [-0.2, -0.15) is 13.2 Å². The van der Waals surface area contributed by atoms with Crippen LogP contribution < -0.4 is 15.1 Å². The van der Waals surface area contributed by atoms with Crippen molar-refractivity contribution >= 4 is 35.2 Å². The molecule has 3 aliphatic heterocycles. The number of aryl methyl sites for hydroxylation is 1. The minimum Gasteiger partial charge on any atom is -0.378 e. The number of dihydropyridines is 1. The number of nitrogens with zero attached hydrogens (tertiary/aromatic N) is 5. The number of halogens is 4. The van der Waals surface area contributed by atoms with Gasteiger partial charge in [-0.25, -0.2) is 14.4 Å². The van der Waals surface area contributed by atoms with Crippen LogP contribution in [0.15, 0.2) is 41.0 Å². The number of pyridine rings is 1. The molecule has 0 spiro atoms. The molecule has 1 aromatic heterocycles. The number of carbonyl (C=O) groups excluding carboxylic acids is 2. The predicted molar refractivity (Wildman–Crippen MR) is 156 cm³/mol. The molecule has 43 heavy (non-hydrogen) atoms. The summed E-state index contributed by atoms with van der Waals surface area (Å²) in [5.74, 6) is -3.78. The lowest BCUT2D eigenvalue weighted by Gasteiger charge is -2.44. The largest absolute Gasteiger partial charge is 0.414 e. The van der Waals surface area contributed by atoms with Gasteiger partial charge in [-0.3, -0.25) is 14.5 Å². The van der Waals surface area contributed by atoms with E-state index in [9.17, 15) is 22.8 Å². The molecule has 13 heteroatoms. The standard InChI is InChI=1S/C30H34F4N6O3/c1-17-9-20(13-36-28(17)39-5-7-43-8-6-39)21-10-25(26(12-24(21)31)40-15-18(2)38(4)19(3)16-40)37-29(42)22-14-35-27(41)11-23(22)30(32,33)34/h9-14,18-19,22H,5-8,15-16H2,1-4H3,(H,37,42)/t18-,19+,22?. The summed E-state index contributed by atoms with van der Waals surface area (Å²) in [6, 6.07) is 4.71. The highest BCUT2D eigenvalue weighted by Crippen LogP contribution is 2.38. The monoisotopic (exact) mass is 602 g/mol. The molecule has 5 rings (SSSR count). The topological polar surface area (TPSA) is 90.4 Å². The number of rotatable bonds is 5. The van der Waals surface area contributed by atoms with E-state index in [4.69, 9.17) is 4.74 Å². The molecule has 2 saturated heterocycles. The van der Waals surface area contributed by atoms with E-state index in [1.165, 1.54) is 12.1 Å². The molecule has 2 fully saturated rings. The lowest BCUT2D eigenvalue weighted by atomic mass is 9.95. The van der Waals surface area contributed by atoms with E-state index in [1.807, 2.05) is 32.7 Å². The number of amides is 2. The van der Waals surface area contributed by atoms with Gasteiger partial charge in [0, 0.05) is 67.9 Å². The Balaban J connectivity index is 1.54. The molecule has 0 saturated carbocycles. The molecular weight excluding hydrogens is 568 g/mol. The van der Waals surface area contributed by atoms with Crippen LogP contribution in [-0.2, 0) is 14.3 Å². The molecule has 2 amide bonds. The second kappa shape index (κ2) is 12.0. The van der Waals surface area contributed by atoms with E-state index >= 15 is 4.39 Å². The average molecular weight is 603 g/mol. The van der Waals surface area contributed by atoms with Crippen LogP contribution in [-0.4, -0.2) is 92.6 Å². The number of nitrogens with one attached hydrogen (secondary N) is 1. The van der Waals surface area contributed by atoms with Crippen LogP contribution in [0.25, 0.3) is 11.1 Å². The number of morpholine rings is 1. The maximum Gasteiger partial charge on any atom is 0.414 e. The fourth-order valence-electron chi connectivity index (χ4n) is 5.73. The highest BCUT2D eigenvalue weighted by Gasteiger charge is 2.43. The van der Waals surface area contributed by atoms with E-state index in [0.717, 1.165) is 11.4 Å².